The Kier molecular flexibility index (Phi) is 6.53. The second kappa shape index (κ2) is 11.5. The predicted octanol–water partition coefficient (Wildman–Crippen LogP) is 13.8. The largest absolute Gasteiger partial charge is 0.456 e. The molecular weight excluding hydrogens is 607 g/mol. The second-order valence-corrected chi connectivity index (χ2v) is 12.9. The lowest BCUT2D eigenvalue weighted by Crippen LogP contribution is -2.10. The molecule has 0 amide bonds. The Labute approximate surface area is 290 Å². The van der Waals surface area contributed by atoms with Crippen LogP contribution < -0.4 is 4.90 Å². The Hall–Kier alpha value is -6.64. The van der Waals surface area contributed by atoms with Gasteiger partial charge in [0.1, 0.15) is 11.2 Å². The zero-order chi connectivity index (χ0) is 33.0. The summed E-state index contributed by atoms with van der Waals surface area (Å²) >= 11 is 0. The van der Waals surface area contributed by atoms with E-state index in [1.807, 2.05) is 12.1 Å². The molecule has 9 aromatic carbocycles. The number of furan rings is 1. The van der Waals surface area contributed by atoms with E-state index in [0.29, 0.717) is 0 Å². The molecule has 10 aromatic rings. The molecule has 10 rings (SSSR count). The van der Waals surface area contributed by atoms with Crippen molar-refractivity contribution in [3.63, 3.8) is 0 Å². The van der Waals surface area contributed by atoms with Crippen molar-refractivity contribution in [2.45, 2.75) is 0 Å². The SMILES string of the molecule is c1cc(-c2cccc(N(c3ccc4oc5ccccc5c4c3)c3cc4ccccc4c4ccccc34)c2)cc(-c2cccc3ccccc23)c1. The smallest absolute Gasteiger partial charge is 0.135 e. The third-order valence-corrected chi connectivity index (χ3v) is 10.0. The molecule has 0 saturated carbocycles. The average Bonchev–Trinajstić information content (AvgIpc) is 3.56. The lowest BCUT2D eigenvalue weighted by atomic mass is 9.95. The van der Waals surface area contributed by atoms with Crippen LogP contribution in [0.3, 0.4) is 0 Å². The molecule has 0 atom stereocenters. The first kappa shape index (κ1) is 28.4. The van der Waals surface area contributed by atoms with Crippen LogP contribution in [0, 0.1) is 0 Å². The average molecular weight is 638 g/mol. The molecule has 0 fully saturated rings. The van der Waals surface area contributed by atoms with Crippen molar-refractivity contribution in [1.82, 2.24) is 0 Å². The van der Waals surface area contributed by atoms with E-state index in [-0.39, 0.29) is 0 Å². The van der Waals surface area contributed by atoms with Gasteiger partial charge >= 0.3 is 0 Å². The molecule has 1 aromatic heterocycles. The molecule has 0 aliphatic rings. The molecule has 234 valence electrons. The Morgan fingerprint density at radius 3 is 1.80 bits per heavy atom. The molecule has 0 unspecified atom stereocenters. The monoisotopic (exact) mass is 637 g/mol. The summed E-state index contributed by atoms with van der Waals surface area (Å²) in [6.07, 6.45) is 0. The van der Waals surface area contributed by atoms with Gasteiger partial charge in [0.2, 0.25) is 0 Å². The van der Waals surface area contributed by atoms with Crippen LogP contribution in [-0.2, 0) is 0 Å². The van der Waals surface area contributed by atoms with E-state index in [2.05, 4.69) is 181 Å². The first-order chi connectivity index (χ1) is 24.8. The second-order valence-electron chi connectivity index (χ2n) is 12.9. The van der Waals surface area contributed by atoms with E-state index in [9.17, 15) is 0 Å². The molecule has 1 heterocycles. The van der Waals surface area contributed by atoms with Crippen LogP contribution in [0.1, 0.15) is 0 Å². The highest BCUT2D eigenvalue weighted by molar-refractivity contribution is 6.15. The summed E-state index contributed by atoms with van der Waals surface area (Å²) in [5.74, 6) is 0. The minimum absolute atomic E-state index is 0.886. The van der Waals surface area contributed by atoms with E-state index in [1.54, 1.807) is 0 Å². The van der Waals surface area contributed by atoms with Gasteiger partial charge in [0.25, 0.3) is 0 Å². The van der Waals surface area contributed by atoms with Crippen LogP contribution in [0.25, 0.3) is 76.5 Å². The van der Waals surface area contributed by atoms with Gasteiger partial charge in [-0.25, -0.2) is 0 Å². The Bertz CT molecular complexity index is 2890. The van der Waals surface area contributed by atoms with E-state index in [4.69, 9.17) is 4.42 Å². The molecular formula is C48H31NO. The summed E-state index contributed by atoms with van der Waals surface area (Å²) < 4.78 is 6.26. The maximum absolute atomic E-state index is 6.26. The Morgan fingerprint density at radius 2 is 0.920 bits per heavy atom. The first-order valence-electron chi connectivity index (χ1n) is 17.1. The summed E-state index contributed by atoms with van der Waals surface area (Å²) in [4.78, 5) is 2.41. The first-order valence-corrected chi connectivity index (χ1v) is 17.1. The van der Waals surface area contributed by atoms with E-state index >= 15 is 0 Å². The lowest BCUT2D eigenvalue weighted by Gasteiger charge is -2.28. The fraction of sp³-hybridized carbons (Fsp3) is 0. The zero-order valence-corrected chi connectivity index (χ0v) is 27.3. The van der Waals surface area contributed by atoms with Gasteiger partial charge in [0, 0.05) is 27.5 Å². The lowest BCUT2D eigenvalue weighted by molar-refractivity contribution is 0.669. The minimum Gasteiger partial charge on any atom is -0.456 e. The van der Waals surface area contributed by atoms with Crippen molar-refractivity contribution in [3.8, 4) is 22.3 Å². The molecule has 2 nitrogen and oxygen atoms in total. The van der Waals surface area contributed by atoms with Gasteiger partial charge in [-0.05, 0) is 97.7 Å². The van der Waals surface area contributed by atoms with E-state index in [0.717, 1.165) is 44.6 Å². The number of fused-ring (bicyclic) bond motifs is 7. The molecule has 0 aliphatic carbocycles. The van der Waals surface area contributed by atoms with Gasteiger partial charge in [-0.15, -0.1) is 0 Å². The van der Waals surface area contributed by atoms with Crippen LogP contribution in [0.5, 0.6) is 0 Å². The van der Waals surface area contributed by atoms with Gasteiger partial charge in [-0.1, -0.05) is 140 Å². The molecule has 0 spiro atoms. The van der Waals surface area contributed by atoms with Crippen LogP contribution in [0.15, 0.2) is 192 Å². The van der Waals surface area contributed by atoms with E-state index < -0.39 is 0 Å². The Balaban J connectivity index is 1.19. The standard InChI is InChI=1S/C48H31NO/c1-3-19-39-32(12-1)14-11-24-40(39)35-17-9-15-33(28-35)34-16-10-18-37(29-34)49(38-26-27-48-45(31-38)44-23-7-8-25-47(44)50-48)46-30-36-13-2-4-20-41(36)42-21-5-6-22-43(42)46/h1-31H. The number of hydrogen-bond donors (Lipinski definition) is 0. The highest BCUT2D eigenvalue weighted by Crippen LogP contribution is 2.44. The zero-order valence-electron chi connectivity index (χ0n) is 27.3. The summed E-state index contributed by atoms with van der Waals surface area (Å²) in [5.41, 5.74) is 9.87. The van der Waals surface area contributed by atoms with Gasteiger partial charge in [0.05, 0.1) is 5.69 Å². The number of rotatable bonds is 5. The van der Waals surface area contributed by atoms with Gasteiger partial charge in [-0.2, -0.15) is 0 Å². The fourth-order valence-electron chi connectivity index (χ4n) is 7.67. The van der Waals surface area contributed by atoms with Gasteiger partial charge in [0.15, 0.2) is 0 Å². The molecule has 0 saturated heterocycles. The van der Waals surface area contributed by atoms with Crippen molar-refractivity contribution in [2.75, 3.05) is 4.90 Å². The van der Waals surface area contributed by atoms with Crippen LogP contribution in [0.2, 0.25) is 0 Å². The maximum atomic E-state index is 6.26. The summed E-state index contributed by atoms with van der Waals surface area (Å²) in [5, 5.41) is 9.63. The van der Waals surface area contributed by atoms with E-state index in [1.165, 1.54) is 49.0 Å². The Morgan fingerprint density at radius 1 is 0.320 bits per heavy atom. The summed E-state index contributed by atoms with van der Waals surface area (Å²) in [6, 6.07) is 67.7. The molecule has 0 radical (unpaired) electrons. The summed E-state index contributed by atoms with van der Waals surface area (Å²) in [6.45, 7) is 0. The van der Waals surface area contributed by atoms with Gasteiger partial charge in [-0.3, -0.25) is 0 Å². The minimum atomic E-state index is 0.886. The third kappa shape index (κ3) is 4.65. The van der Waals surface area contributed by atoms with Gasteiger partial charge < -0.3 is 9.32 Å². The molecule has 0 N–H and O–H groups in total. The molecule has 50 heavy (non-hydrogen) atoms. The highest BCUT2D eigenvalue weighted by Gasteiger charge is 2.19. The molecule has 0 aliphatic heterocycles. The molecule has 0 bridgehead atoms. The van der Waals surface area contributed by atoms with Crippen LogP contribution >= 0.6 is 0 Å². The number of nitrogens with zero attached hydrogens (tertiary/aromatic N) is 1. The highest BCUT2D eigenvalue weighted by atomic mass is 16.3. The molecule has 2 heteroatoms. The van der Waals surface area contributed by atoms with Crippen molar-refractivity contribution in [3.05, 3.63) is 188 Å². The number of para-hydroxylation sites is 1. The maximum Gasteiger partial charge on any atom is 0.135 e. The number of benzene rings is 9. The number of hydrogen-bond acceptors (Lipinski definition) is 2. The fourth-order valence-corrected chi connectivity index (χ4v) is 7.67. The van der Waals surface area contributed by atoms with Crippen molar-refractivity contribution < 1.29 is 4.42 Å². The predicted molar refractivity (Wildman–Crippen MR) is 212 cm³/mol. The van der Waals surface area contributed by atoms with Crippen molar-refractivity contribution >= 4 is 71.3 Å². The van der Waals surface area contributed by atoms with Crippen LogP contribution in [-0.4, -0.2) is 0 Å². The third-order valence-electron chi connectivity index (χ3n) is 10.0. The topological polar surface area (TPSA) is 16.4 Å². The summed E-state index contributed by atoms with van der Waals surface area (Å²) in [7, 11) is 0. The van der Waals surface area contributed by atoms with Crippen LogP contribution in [0.4, 0.5) is 17.1 Å². The van der Waals surface area contributed by atoms with Crippen molar-refractivity contribution in [1.29, 1.82) is 0 Å². The van der Waals surface area contributed by atoms with Crippen molar-refractivity contribution in [2.24, 2.45) is 0 Å². The number of anilines is 3. The quantitative estimate of drug-likeness (QED) is 0.175. The normalized spacial score (nSPS) is 11.6.